The number of phenols is 1. The molecule has 0 bridgehead atoms. The first-order valence-corrected chi connectivity index (χ1v) is 8.36. The molecule has 4 rings (SSSR count). The highest BCUT2D eigenvalue weighted by molar-refractivity contribution is 5.87. The highest BCUT2D eigenvalue weighted by atomic mass is 16.3. The summed E-state index contributed by atoms with van der Waals surface area (Å²) in [4.78, 5) is 12.4. The van der Waals surface area contributed by atoms with Crippen molar-refractivity contribution in [2.75, 3.05) is 0 Å². The molecule has 0 radical (unpaired) electrons. The zero-order chi connectivity index (χ0) is 14.8. The lowest BCUT2D eigenvalue weighted by Crippen LogP contribution is -2.45. The Morgan fingerprint density at radius 2 is 2.10 bits per heavy atom. The lowest BCUT2D eigenvalue weighted by Gasteiger charge is -2.51. The van der Waals surface area contributed by atoms with E-state index in [1.807, 2.05) is 12.1 Å². The van der Waals surface area contributed by atoms with Gasteiger partial charge in [-0.3, -0.25) is 4.79 Å². The van der Waals surface area contributed by atoms with Crippen LogP contribution in [0.15, 0.2) is 18.2 Å². The van der Waals surface area contributed by atoms with E-state index in [9.17, 15) is 9.90 Å². The van der Waals surface area contributed by atoms with E-state index < -0.39 is 0 Å². The molecule has 5 atom stereocenters. The molecule has 0 spiro atoms. The molecule has 112 valence electrons. The summed E-state index contributed by atoms with van der Waals surface area (Å²) in [5.74, 6) is 3.31. The third-order valence-corrected chi connectivity index (χ3v) is 6.77. The summed E-state index contributed by atoms with van der Waals surface area (Å²) < 4.78 is 0. The number of hydrogen-bond donors (Lipinski definition) is 1. The molecule has 1 aromatic rings. The van der Waals surface area contributed by atoms with Crippen LogP contribution in [0.25, 0.3) is 0 Å². The maximum atomic E-state index is 12.4. The zero-order valence-electron chi connectivity index (χ0n) is 12.9. The summed E-state index contributed by atoms with van der Waals surface area (Å²) in [5.41, 5.74) is 2.72. The van der Waals surface area contributed by atoms with Crippen LogP contribution in [0.3, 0.4) is 0 Å². The van der Waals surface area contributed by atoms with Gasteiger partial charge >= 0.3 is 0 Å². The second-order valence-corrected chi connectivity index (χ2v) is 7.77. The predicted molar refractivity (Wildman–Crippen MR) is 82.3 cm³/mol. The van der Waals surface area contributed by atoms with Gasteiger partial charge in [-0.1, -0.05) is 19.9 Å². The van der Waals surface area contributed by atoms with Crippen LogP contribution >= 0.6 is 0 Å². The topological polar surface area (TPSA) is 37.3 Å². The van der Waals surface area contributed by atoms with Crippen LogP contribution in [0, 0.1) is 23.2 Å². The number of fused-ring (bicyclic) bond motifs is 5. The van der Waals surface area contributed by atoms with E-state index in [0.717, 1.165) is 32.1 Å². The lowest BCUT2D eigenvalue weighted by atomic mass is 9.53. The quantitative estimate of drug-likeness (QED) is 0.780. The van der Waals surface area contributed by atoms with Gasteiger partial charge in [0.15, 0.2) is 0 Å². The highest BCUT2D eigenvalue weighted by Gasteiger charge is 2.56. The average molecular weight is 284 g/mol. The predicted octanol–water partition coefficient (Wildman–Crippen LogP) is 4.06. The number of hydrogen-bond acceptors (Lipinski definition) is 2. The minimum absolute atomic E-state index is 0.0517. The summed E-state index contributed by atoms with van der Waals surface area (Å²) >= 11 is 0. The van der Waals surface area contributed by atoms with Gasteiger partial charge in [-0.25, -0.2) is 0 Å². The average Bonchev–Trinajstić information content (AvgIpc) is 2.74. The van der Waals surface area contributed by atoms with Crippen LogP contribution in [-0.4, -0.2) is 10.9 Å². The molecular weight excluding hydrogens is 260 g/mol. The van der Waals surface area contributed by atoms with Crippen molar-refractivity contribution in [1.29, 1.82) is 0 Å². The number of carbonyl (C=O) groups excluding carboxylic acids is 1. The van der Waals surface area contributed by atoms with Gasteiger partial charge in [-0.2, -0.15) is 0 Å². The normalized spacial score (nSPS) is 41.3. The van der Waals surface area contributed by atoms with Gasteiger partial charge in [0, 0.05) is 11.8 Å². The third kappa shape index (κ3) is 1.74. The van der Waals surface area contributed by atoms with Gasteiger partial charge in [0.25, 0.3) is 0 Å². The summed E-state index contributed by atoms with van der Waals surface area (Å²) in [6, 6.07) is 5.92. The maximum absolute atomic E-state index is 12.4. The first-order chi connectivity index (χ1) is 10.0. The molecule has 0 amide bonds. The fourth-order valence-corrected chi connectivity index (χ4v) is 5.74. The van der Waals surface area contributed by atoms with Gasteiger partial charge in [0.2, 0.25) is 0 Å². The van der Waals surface area contributed by atoms with Crippen LogP contribution in [-0.2, 0) is 11.2 Å². The lowest BCUT2D eigenvalue weighted by molar-refractivity contribution is -0.129. The van der Waals surface area contributed by atoms with E-state index in [-0.39, 0.29) is 5.41 Å². The van der Waals surface area contributed by atoms with Crippen LogP contribution in [0.1, 0.15) is 56.6 Å². The molecule has 21 heavy (non-hydrogen) atoms. The fraction of sp³-hybridized carbons (Fsp3) is 0.632. The second-order valence-electron chi connectivity index (χ2n) is 7.77. The smallest absolute Gasteiger partial charge is 0.139 e. The monoisotopic (exact) mass is 284 g/mol. The van der Waals surface area contributed by atoms with Gasteiger partial charge in [0.1, 0.15) is 11.5 Å². The number of ketones is 1. The SMILES string of the molecule is C[C@@H]1Cc2cc(O)ccc2[C@@H]2CC[C@]3(C)C(=O)CC[C@@H]3[C@@H]12. The van der Waals surface area contributed by atoms with Gasteiger partial charge in [-0.15, -0.1) is 0 Å². The number of Topliss-reactive ketones (excluding diaryl/α,β-unsaturated/α-hetero) is 1. The largest absolute Gasteiger partial charge is 0.508 e. The molecular formula is C19H24O2. The number of phenolic OH excluding ortho intramolecular Hbond substituents is 1. The number of rotatable bonds is 0. The van der Waals surface area contributed by atoms with Crippen molar-refractivity contribution in [2.24, 2.45) is 23.2 Å². The molecule has 3 aliphatic carbocycles. The molecule has 1 aromatic carbocycles. The molecule has 0 aromatic heterocycles. The van der Waals surface area contributed by atoms with Crippen molar-refractivity contribution in [3.63, 3.8) is 0 Å². The van der Waals surface area contributed by atoms with E-state index in [4.69, 9.17) is 0 Å². The van der Waals surface area contributed by atoms with E-state index in [0.29, 0.717) is 35.2 Å². The van der Waals surface area contributed by atoms with Gasteiger partial charge in [0.05, 0.1) is 0 Å². The van der Waals surface area contributed by atoms with Crippen molar-refractivity contribution in [2.45, 2.75) is 51.9 Å². The minimum atomic E-state index is -0.0517. The van der Waals surface area contributed by atoms with Crippen LogP contribution in [0.5, 0.6) is 5.75 Å². The fourth-order valence-electron chi connectivity index (χ4n) is 5.74. The molecule has 2 nitrogen and oxygen atoms in total. The minimum Gasteiger partial charge on any atom is -0.508 e. The Hall–Kier alpha value is -1.31. The Morgan fingerprint density at radius 1 is 1.29 bits per heavy atom. The maximum Gasteiger partial charge on any atom is 0.139 e. The molecule has 2 saturated carbocycles. The number of aromatic hydroxyl groups is 1. The molecule has 0 saturated heterocycles. The van der Waals surface area contributed by atoms with Gasteiger partial charge in [-0.05, 0) is 72.6 Å². The summed E-state index contributed by atoms with van der Waals surface area (Å²) in [5, 5.41) is 9.75. The van der Waals surface area contributed by atoms with Crippen molar-refractivity contribution in [3.8, 4) is 5.75 Å². The molecule has 0 aliphatic heterocycles. The van der Waals surface area contributed by atoms with Crippen LogP contribution in [0.4, 0.5) is 0 Å². The first kappa shape index (κ1) is 13.4. The Bertz CT molecular complexity index is 606. The van der Waals surface area contributed by atoms with Crippen molar-refractivity contribution < 1.29 is 9.90 Å². The first-order valence-electron chi connectivity index (χ1n) is 8.36. The molecule has 2 fully saturated rings. The molecule has 0 unspecified atom stereocenters. The van der Waals surface area contributed by atoms with Crippen LogP contribution < -0.4 is 0 Å². The second kappa shape index (κ2) is 4.34. The van der Waals surface area contributed by atoms with E-state index >= 15 is 0 Å². The Labute approximate surface area is 126 Å². The Kier molecular flexibility index (Phi) is 2.76. The van der Waals surface area contributed by atoms with E-state index in [1.54, 1.807) is 0 Å². The molecule has 0 heterocycles. The van der Waals surface area contributed by atoms with Crippen molar-refractivity contribution >= 4 is 5.78 Å². The van der Waals surface area contributed by atoms with Gasteiger partial charge < -0.3 is 5.11 Å². The van der Waals surface area contributed by atoms with Crippen molar-refractivity contribution in [1.82, 2.24) is 0 Å². The standard InChI is InChI=1S/C19H24O2/c1-11-9-12-10-13(20)3-4-14(12)15-7-8-19(2)16(18(11)15)5-6-17(19)21/h3-4,10-11,15-16,18,20H,5-9H2,1-2H3/t11-,15+,16-,18+,19+/m1/s1. The molecule has 2 heteroatoms. The molecule has 1 N–H and O–H groups in total. The summed E-state index contributed by atoms with van der Waals surface area (Å²) in [6.45, 7) is 4.57. The highest BCUT2D eigenvalue weighted by Crippen LogP contribution is 2.60. The molecule has 3 aliphatic rings. The Balaban J connectivity index is 1.77. The summed E-state index contributed by atoms with van der Waals surface area (Å²) in [6.07, 6.45) is 5.11. The van der Waals surface area contributed by atoms with E-state index in [2.05, 4.69) is 19.9 Å². The third-order valence-electron chi connectivity index (χ3n) is 6.77. The Morgan fingerprint density at radius 3 is 2.90 bits per heavy atom. The zero-order valence-corrected chi connectivity index (χ0v) is 12.9. The summed E-state index contributed by atoms with van der Waals surface area (Å²) in [7, 11) is 0. The number of benzene rings is 1. The van der Waals surface area contributed by atoms with Crippen LogP contribution in [0.2, 0.25) is 0 Å². The van der Waals surface area contributed by atoms with E-state index in [1.165, 1.54) is 11.1 Å². The number of carbonyl (C=O) groups is 1. The van der Waals surface area contributed by atoms with Crippen molar-refractivity contribution in [3.05, 3.63) is 29.3 Å².